The number of methoxy groups -OCH3 is 1. The Kier molecular flexibility index (Phi) is 4.27. The Balaban J connectivity index is 2.10. The summed E-state index contributed by atoms with van der Waals surface area (Å²) < 4.78 is 18.4. The summed E-state index contributed by atoms with van der Waals surface area (Å²) >= 11 is 5.82. The minimum atomic E-state index is -0.323. The van der Waals surface area contributed by atoms with Gasteiger partial charge in [-0.15, -0.1) is 0 Å². The average Bonchev–Trinajstić information content (AvgIpc) is 2.36. The molecule has 0 amide bonds. The van der Waals surface area contributed by atoms with Crippen molar-refractivity contribution in [1.29, 1.82) is 0 Å². The van der Waals surface area contributed by atoms with Crippen molar-refractivity contribution in [2.75, 3.05) is 12.4 Å². The predicted molar refractivity (Wildman–Crippen MR) is 76.5 cm³/mol. The van der Waals surface area contributed by atoms with Crippen molar-refractivity contribution >= 4 is 17.3 Å². The highest BCUT2D eigenvalue weighted by molar-refractivity contribution is 6.30. The van der Waals surface area contributed by atoms with Crippen LogP contribution in [0.1, 0.15) is 11.1 Å². The lowest BCUT2D eigenvalue weighted by molar-refractivity contribution is 0.414. The molecule has 100 valence electrons. The minimum Gasteiger partial charge on any atom is -0.497 e. The number of anilines is 1. The van der Waals surface area contributed by atoms with Gasteiger partial charge in [-0.25, -0.2) is 4.39 Å². The van der Waals surface area contributed by atoms with Crippen molar-refractivity contribution in [2.24, 2.45) is 0 Å². The lowest BCUT2D eigenvalue weighted by Crippen LogP contribution is -2.01. The molecule has 0 unspecified atom stereocenters. The number of halogens is 2. The Bertz CT molecular complexity index is 566. The molecular weight excluding hydrogens is 265 g/mol. The Labute approximate surface area is 117 Å². The van der Waals surface area contributed by atoms with E-state index in [9.17, 15) is 4.39 Å². The van der Waals surface area contributed by atoms with Crippen molar-refractivity contribution in [3.63, 3.8) is 0 Å². The zero-order valence-corrected chi connectivity index (χ0v) is 11.6. The first-order chi connectivity index (χ1) is 9.08. The summed E-state index contributed by atoms with van der Waals surface area (Å²) in [6.45, 7) is 2.51. The van der Waals surface area contributed by atoms with Crippen LogP contribution in [0.2, 0.25) is 5.02 Å². The molecule has 0 saturated heterocycles. The second-order valence-corrected chi connectivity index (χ2v) is 4.75. The van der Waals surface area contributed by atoms with Crippen molar-refractivity contribution in [3.05, 3.63) is 58.4 Å². The van der Waals surface area contributed by atoms with Gasteiger partial charge >= 0.3 is 0 Å². The normalized spacial score (nSPS) is 10.3. The van der Waals surface area contributed by atoms with Crippen LogP contribution in [0, 0.1) is 12.7 Å². The fraction of sp³-hybridized carbons (Fsp3) is 0.200. The molecule has 0 bridgehead atoms. The summed E-state index contributed by atoms with van der Waals surface area (Å²) in [4.78, 5) is 0. The van der Waals surface area contributed by atoms with Crippen LogP contribution in [0.25, 0.3) is 0 Å². The molecule has 2 nitrogen and oxygen atoms in total. The second kappa shape index (κ2) is 5.93. The molecule has 4 heteroatoms. The van der Waals surface area contributed by atoms with E-state index in [-0.39, 0.29) is 5.82 Å². The highest BCUT2D eigenvalue weighted by Gasteiger charge is 2.02. The minimum absolute atomic E-state index is 0.323. The van der Waals surface area contributed by atoms with E-state index in [4.69, 9.17) is 16.3 Å². The average molecular weight is 280 g/mol. The molecule has 2 aromatic carbocycles. The number of rotatable bonds is 4. The number of hydrogen-bond acceptors (Lipinski definition) is 2. The quantitative estimate of drug-likeness (QED) is 0.895. The topological polar surface area (TPSA) is 21.3 Å². The highest BCUT2D eigenvalue weighted by Crippen LogP contribution is 2.22. The van der Waals surface area contributed by atoms with E-state index in [0.29, 0.717) is 11.6 Å². The lowest BCUT2D eigenvalue weighted by atomic mass is 10.1. The van der Waals surface area contributed by atoms with E-state index in [2.05, 4.69) is 5.32 Å². The third-order valence-electron chi connectivity index (χ3n) is 2.84. The van der Waals surface area contributed by atoms with Crippen LogP contribution >= 0.6 is 11.6 Å². The zero-order chi connectivity index (χ0) is 13.8. The van der Waals surface area contributed by atoms with Crippen molar-refractivity contribution in [1.82, 2.24) is 0 Å². The van der Waals surface area contributed by atoms with E-state index in [1.165, 1.54) is 12.1 Å². The SMILES string of the molecule is COc1ccc(NCc2cc(F)cc(Cl)c2)c(C)c1. The smallest absolute Gasteiger partial charge is 0.125 e. The molecule has 0 aliphatic heterocycles. The van der Waals surface area contributed by atoms with Gasteiger partial charge in [0.05, 0.1) is 7.11 Å². The molecule has 0 saturated carbocycles. The number of benzene rings is 2. The summed E-state index contributed by atoms with van der Waals surface area (Å²) in [5, 5.41) is 3.66. The van der Waals surface area contributed by atoms with Gasteiger partial charge in [-0.1, -0.05) is 11.6 Å². The standard InChI is InChI=1S/C15H15ClFNO/c1-10-5-14(19-2)3-4-15(10)18-9-11-6-12(16)8-13(17)7-11/h3-8,18H,9H2,1-2H3. The van der Waals surface area contributed by atoms with E-state index in [1.54, 1.807) is 13.2 Å². The number of aryl methyl sites for hydroxylation is 1. The van der Waals surface area contributed by atoms with Gasteiger partial charge in [-0.3, -0.25) is 0 Å². The van der Waals surface area contributed by atoms with Gasteiger partial charge in [-0.05, 0) is 54.4 Å². The van der Waals surface area contributed by atoms with Gasteiger partial charge in [0.1, 0.15) is 11.6 Å². The molecule has 0 radical (unpaired) electrons. The maximum absolute atomic E-state index is 13.2. The molecule has 0 atom stereocenters. The molecule has 0 spiro atoms. The van der Waals surface area contributed by atoms with Crippen LogP contribution in [0.4, 0.5) is 10.1 Å². The first-order valence-corrected chi connectivity index (χ1v) is 6.30. The predicted octanol–water partition coefficient (Wildman–Crippen LogP) is 4.41. The van der Waals surface area contributed by atoms with Crippen LogP contribution in [-0.2, 0) is 6.54 Å². The summed E-state index contributed by atoms with van der Waals surface area (Å²) in [7, 11) is 1.64. The maximum Gasteiger partial charge on any atom is 0.125 e. The molecule has 2 aromatic rings. The third-order valence-corrected chi connectivity index (χ3v) is 3.06. The van der Waals surface area contributed by atoms with Gasteiger partial charge in [0, 0.05) is 17.3 Å². The van der Waals surface area contributed by atoms with Gasteiger partial charge < -0.3 is 10.1 Å². The highest BCUT2D eigenvalue weighted by atomic mass is 35.5. The fourth-order valence-electron chi connectivity index (χ4n) is 1.87. The summed E-state index contributed by atoms with van der Waals surface area (Å²) in [6, 6.07) is 10.3. The van der Waals surface area contributed by atoms with Crippen molar-refractivity contribution < 1.29 is 9.13 Å². The number of nitrogens with one attached hydrogen (secondary N) is 1. The van der Waals surface area contributed by atoms with Crippen LogP contribution in [0.3, 0.4) is 0 Å². The molecule has 0 fully saturated rings. The molecular formula is C15H15ClFNO. The molecule has 1 N–H and O–H groups in total. The zero-order valence-electron chi connectivity index (χ0n) is 10.8. The maximum atomic E-state index is 13.2. The van der Waals surface area contributed by atoms with Crippen LogP contribution in [0.15, 0.2) is 36.4 Å². The molecule has 0 aliphatic carbocycles. The Hall–Kier alpha value is -1.74. The van der Waals surface area contributed by atoms with Gasteiger partial charge in [0.25, 0.3) is 0 Å². The summed E-state index contributed by atoms with van der Waals surface area (Å²) in [6.07, 6.45) is 0. The monoisotopic (exact) mass is 279 g/mol. The van der Waals surface area contributed by atoms with Gasteiger partial charge in [-0.2, -0.15) is 0 Å². The molecule has 0 heterocycles. The van der Waals surface area contributed by atoms with E-state index in [0.717, 1.165) is 22.6 Å². The lowest BCUT2D eigenvalue weighted by Gasteiger charge is -2.11. The Morgan fingerprint density at radius 1 is 1.21 bits per heavy atom. The van der Waals surface area contributed by atoms with E-state index in [1.807, 2.05) is 25.1 Å². The fourth-order valence-corrected chi connectivity index (χ4v) is 2.12. The van der Waals surface area contributed by atoms with Crippen LogP contribution in [-0.4, -0.2) is 7.11 Å². The van der Waals surface area contributed by atoms with Crippen molar-refractivity contribution in [3.8, 4) is 5.75 Å². The largest absolute Gasteiger partial charge is 0.497 e. The molecule has 2 rings (SSSR count). The van der Waals surface area contributed by atoms with Gasteiger partial charge in [0.15, 0.2) is 0 Å². The van der Waals surface area contributed by atoms with Gasteiger partial charge in [0.2, 0.25) is 0 Å². The van der Waals surface area contributed by atoms with Crippen molar-refractivity contribution in [2.45, 2.75) is 13.5 Å². The second-order valence-electron chi connectivity index (χ2n) is 4.31. The first-order valence-electron chi connectivity index (χ1n) is 5.92. The Morgan fingerprint density at radius 2 is 2.00 bits per heavy atom. The number of hydrogen-bond donors (Lipinski definition) is 1. The van der Waals surface area contributed by atoms with E-state index < -0.39 is 0 Å². The van der Waals surface area contributed by atoms with Crippen LogP contribution in [0.5, 0.6) is 5.75 Å². The Morgan fingerprint density at radius 3 is 2.63 bits per heavy atom. The molecule has 19 heavy (non-hydrogen) atoms. The van der Waals surface area contributed by atoms with E-state index >= 15 is 0 Å². The number of ether oxygens (including phenoxy) is 1. The summed E-state index contributed by atoms with van der Waals surface area (Å²) in [5.41, 5.74) is 2.86. The summed E-state index contributed by atoms with van der Waals surface area (Å²) in [5.74, 6) is 0.493. The molecule has 0 aliphatic rings. The first kappa shape index (κ1) is 13.7. The molecule has 0 aromatic heterocycles. The van der Waals surface area contributed by atoms with Crippen LogP contribution < -0.4 is 10.1 Å². The third kappa shape index (κ3) is 3.61.